The van der Waals surface area contributed by atoms with Gasteiger partial charge in [-0.1, -0.05) is 25.4 Å². The van der Waals surface area contributed by atoms with Crippen LogP contribution < -0.4 is 5.32 Å². The van der Waals surface area contributed by atoms with Crippen LogP contribution in [0.3, 0.4) is 0 Å². The second-order valence-corrected chi connectivity index (χ2v) is 4.48. The van der Waals surface area contributed by atoms with E-state index in [1.165, 1.54) is 6.20 Å². The summed E-state index contributed by atoms with van der Waals surface area (Å²) >= 11 is 5.93. The van der Waals surface area contributed by atoms with Crippen molar-refractivity contribution in [2.45, 2.75) is 39.2 Å². The number of carbonyl (C=O) groups is 1. The molecule has 88 valence electrons. The van der Waals surface area contributed by atoms with Gasteiger partial charge in [0.1, 0.15) is 0 Å². The molecular formula is C12H17ClN2O. The van der Waals surface area contributed by atoms with Crippen molar-refractivity contribution in [2.75, 3.05) is 0 Å². The van der Waals surface area contributed by atoms with Crippen molar-refractivity contribution in [3.63, 3.8) is 0 Å². The molecule has 0 radical (unpaired) electrons. The third-order valence-electron chi connectivity index (χ3n) is 2.99. The molecule has 0 fully saturated rings. The molecule has 0 atom stereocenters. The molecule has 0 spiro atoms. The lowest BCUT2D eigenvalue weighted by atomic mass is 9.95. The number of hydrogen-bond donors (Lipinski definition) is 1. The Morgan fingerprint density at radius 1 is 1.50 bits per heavy atom. The lowest BCUT2D eigenvalue weighted by Gasteiger charge is -2.28. The molecule has 0 aromatic carbocycles. The molecule has 0 bridgehead atoms. The van der Waals surface area contributed by atoms with E-state index in [0.29, 0.717) is 10.6 Å². The minimum Gasteiger partial charge on any atom is -0.347 e. The zero-order valence-electron chi connectivity index (χ0n) is 9.88. The summed E-state index contributed by atoms with van der Waals surface area (Å²) in [6, 6.07) is 1.62. The molecule has 1 aromatic rings. The Morgan fingerprint density at radius 2 is 2.12 bits per heavy atom. The highest BCUT2D eigenvalue weighted by molar-refractivity contribution is 6.33. The first kappa shape index (κ1) is 13.0. The van der Waals surface area contributed by atoms with E-state index in [1.807, 2.05) is 6.92 Å². The Kier molecular flexibility index (Phi) is 4.30. The fourth-order valence-electron chi connectivity index (χ4n) is 1.31. The minimum atomic E-state index is -0.184. The van der Waals surface area contributed by atoms with Gasteiger partial charge in [0.2, 0.25) is 0 Å². The zero-order chi connectivity index (χ0) is 12.2. The Labute approximate surface area is 101 Å². The first-order chi connectivity index (χ1) is 7.52. The maximum atomic E-state index is 12.0. The van der Waals surface area contributed by atoms with Gasteiger partial charge in [-0.15, -0.1) is 0 Å². The van der Waals surface area contributed by atoms with E-state index in [4.69, 9.17) is 11.6 Å². The summed E-state index contributed by atoms with van der Waals surface area (Å²) in [5, 5.41) is 3.42. The van der Waals surface area contributed by atoms with Crippen LogP contribution in [0.5, 0.6) is 0 Å². The van der Waals surface area contributed by atoms with Gasteiger partial charge in [0.25, 0.3) is 5.91 Å². The van der Waals surface area contributed by atoms with Crippen LogP contribution in [0.25, 0.3) is 0 Å². The van der Waals surface area contributed by atoms with Crippen LogP contribution in [0.1, 0.15) is 44.0 Å². The average Bonchev–Trinajstić information content (AvgIpc) is 2.29. The van der Waals surface area contributed by atoms with E-state index in [2.05, 4.69) is 24.1 Å². The zero-order valence-corrected chi connectivity index (χ0v) is 10.6. The SMILES string of the molecule is CCC(C)(CC)NC(=O)c1cnccc1Cl. The van der Waals surface area contributed by atoms with Gasteiger partial charge in [0.15, 0.2) is 0 Å². The lowest BCUT2D eigenvalue weighted by Crippen LogP contribution is -2.45. The number of amides is 1. The molecule has 4 heteroatoms. The van der Waals surface area contributed by atoms with Crippen molar-refractivity contribution in [2.24, 2.45) is 0 Å². The Bertz CT molecular complexity index is 375. The van der Waals surface area contributed by atoms with Crippen molar-refractivity contribution < 1.29 is 4.79 Å². The predicted octanol–water partition coefficient (Wildman–Crippen LogP) is 3.04. The highest BCUT2D eigenvalue weighted by Gasteiger charge is 2.23. The quantitative estimate of drug-likeness (QED) is 0.879. The number of nitrogens with one attached hydrogen (secondary N) is 1. The summed E-state index contributed by atoms with van der Waals surface area (Å²) in [7, 11) is 0. The molecular weight excluding hydrogens is 224 g/mol. The fourth-order valence-corrected chi connectivity index (χ4v) is 1.50. The highest BCUT2D eigenvalue weighted by Crippen LogP contribution is 2.18. The Hall–Kier alpha value is -1.09. The van der Waals surface area contributed by atoms with Crippen molar-refractivity contribution >= 4 is 17.5 Å². The summed E-state index contributed by atoms with van der Waals surface area (Å²) in [6.07, 6.45) is 4.82. The van der Waals surface area contributed by atoms with E-state index < -0.39 is 0 Å². The van der Waals surface area contributed by atoms with Gasteiger partial charge in [-0.2, -0.15) is 0 Å². The Morgan fingerprint density at radius 3 is 2.62 bits per heavy atom. The molecule has 1 amide bonds. The topological polar surface area (TPSA) is 42.0 Å². The highest BCUT2D eigenvalue weighted by atomic mass is 35.5. The lowest BCUT2D eigenvalue weighted by molar-refractivity contribution is 0.0901. The van der Waals surface area contributed by atoms with E-state index in [9.17, 15) is 4.79 Å². The van der Waals surface area contributed by atoms with Crippen molar-refractivity contribution in [3.05, 3.63) is 29.0 Å². The molecule has 1 rings (SSSR count). The number of pyridine rings is 1. The summed E-state index contributed by atoms with van der Waals surface area (Å²) in [4.78, 5) is 15.9. The van der Waals surface area contributed by atoms with Crippen LogP contribution in [-0.2, 0) is 0 Å². The number of nitrogens with zero attached hydrogens (tertiary/aromatic N) is 1. The smallest absolute Gasteiger partial charge is 0.254 e. The van der Waals surface area contributed by atoms with E-state index in [1.54, 1.807) is 12.3 Å². The minimum absolute atomic E-state index is 0.163. The number of rotatable bonds is 4. The first-order valence-corrected chi connectivity index (χ1v) is 5.82. The molecule has 0 aliphatic carbocycles. The second kappa shape index (κ2) is 5.30. The third kappa shape index (κ3) is 2.95. The van der Waals surface area contributed by atoms with E-state index in [0.717, 1.165) is 12.8 Å². The molecule has 1 aromatic heterocycles. The predicted molar refractivity (Wildman–Crippen MR) is 65.7 cm³/mol. The number of hydrogen-bond acceptors (Lipinski definition) is 2. The standard InChI is InChI=1S/C12H17ClN2O/c1-4-12(3,5-2)15-11(16)9-8-14-7-6-10(9)13/h6-8H,4-5H2,1-3H3,(H,15,16). The fraction of sp³-hybridized carbons (Fsp3) is 0.500. The molecule has 0 unspecified atom stereocenters. The van der Waals surface area contributed by atoms with Crippen molar-refractivity contribution in [3.8, 4) is 0 Å². The largest absolute Gasteiger partial charge is 0.347 e. The van der Waals surface area contributed by atoms with Crippen LogP contribution in [0.15, 0.2) is 18.5 Å². The molecule has 16 heavy (non-hydrogen) atoms. The van der Waals surface area contributed by atoms with Crippen LogP contribution in [0.4, 0.5) is 0 Å². The first-order valence-electron chi connectivity index (χ1n) is 5.44. The Balaban J connectivity index is 2.84. The summed E-state index contributed by atoms with van der Waals surface area (Å²) < 4.78 is 0. The second-order valence-electron chi connectivity index (χ2n) is 4.08. The summed E-state index contributed by atoms with van der Waals surface area (Å²) in [5.74, 6) is -0.163. The molecule has 0 aliphatic heterocycles. The van der Waals surface area contributed by atoms with E-state index in [-0.39, 0.29) is 11.4 Å². The molecule has 0 aliphatic rings. The van der Waals surface area contributed by atoms with Crippen molar-refractivity contribution in [1.82, 2.24) is 10.3 Å². The number of halogens is 1. The summed E-state index contributed by atoms with van der Waals surface area (Å²) in [6.45, 7) is 6.12. The molecule has 1 heterocycles. The van der Waals surface area contributed by atoms with Crippen molar-refractivity contribution in [1.29, 1.82) is 0 Å². The molecule has 0 saturated carbocycles. The van der Waals surface area contributed by atoms with Gasteiger partial charge in [-0.25, -0.2) is 0 Å². The number of carbonyl (C=O) groups excluding carboxylic acids is 1. The van der Waals surface area contributed by atoms with E-state index >= 15 is 0 Å². The maximum Gasteiger partial charge on any atom is 0.254 e. The monoisotopic (exact) mass is 240 g/mol. The van der Waals surface area contributed by atoms with Crippen LogP contribution in [0.2, 0.25) is 5.02 Å². The van der Waals surface area contributed by atoms with Crippen LogP contribution >= 0.6 is 11.6 Å². The van der Waals surface area contributed by atoms with Gasteiger partial charge >= 0.3 is 0 Å². The summed E-state index contributed by atoms with van der Waals surface area (Å²) in [5.41, 5.74) is 0.244. The third-order valence-corrected chi connectivity index (χ3v) is 3.32. The number of aromatic nitrogens is 1. The molecule has 0 saturated heterocycles. The van der Waals surface area contributed by atoms with Gasteiger partial charge < -0.3 is 5.32 Å². The molecule has 3 nitrogen and oxygen atoms in total. The normalized spacial score (nSPS) is 11.2. The molecule has 1 N–H and O–H groups in total. The van der Waals surface area contributed by atoms with Gasteiger partial charge in [-0.05, 0) is 25.8 Å². The van der Waals surface area contributed by atoms with Gasteiger partial charge in [-0.3, -0.25) is 9.78 Å². The van der Waals surface area contributed by atoms with Crippen LogP contribution in [-0.4, -0.2) is 16.4 Å². The van der Waals surface area contributed by atoms with Gasteiger partial charge in [0.05, 0.1) is 10.6 Å². The van der Waals surface area contributed by atoms with Gasteiger partial charge in [0, 0.05) is 17.9 Å². The van der Waals surface area contributed by atoms with Crippen LogP contribution in [0, 0.1) is 0 Å². The maximum absolute atomic E-state index is 12.0. The average molecular weight is 241 g/mol.